The van der Waals surface area contributed by atoms with Crippen LogP contribution >= 0.6 is 11.6 Å². The largest absolute Gasteiger partial charge is 0.242 e. The van der Waals surface area contributed by atoms with E-state index in [1.807, 2.05) is 4.72 Å². The Morgan fingerprint density at radius 3 is 2.42 bits per heavy atom. The quantitative estimate of drug-likeness (QED) is 0.792. The van der Waals surface area contributed by atoms with Crippen LogP contribution in [0.1, 0.15) is 0 Å². The molecule has 3 nitrogen and oxygen atoms in total. The SMILES string of the molecule is [CH2]NS(=O)(=O)c1ccccc1Cl. The summed E-state index contributed by atoms with van der Waals surface area (Å²) in [6.45, 7) is 0. The zero-order chi connectivity index (χ0) is 9.19. The third-order valence-electron chi connectivity index (χ3n) is 1.32. The molecular formula is C7H7ClNO2S. The first-order valence-corrected chi connectivity index (χ1v) is 4.97. The molecule has 0 saturated carbocycles. The standard InChI is InChI=1S/C7H7ClNO2S/c1-9-12(10,11)7-5-3-2-4-6(7)8/h2-5,9H,1H2. The molecule has 5 heteroatoms. The van der Waals surface area contributed by atoms with Gasteiger partial charge in [0.05, 0.1) is 5.02 Å². The fourth-order valence-corrected chi connectivity index (χ4v) is 1.92. The van der Waals surface area contributed by atoms with Gasteiger partial charge in [-0.25, -0.2) is 13.1 Å². The van der Waals surface area contributed by atoms with E-state index >= 15 is 0 Å². The van der Waals surface area contributed by atoms with Crippen molar-refractivity contribution in [2.45, 2.75) is 4.90 Å². The lowest BCUT2D eigenvalue weighted by atomic mass is 10.4. The van der Waals surface area contributed by atoms with E-state index in [-0.39, 0.29) is 9.92 Å². The Morgan fingerprint density at radius 1 is 1.33 bits per heavy atom. The van der Waals surface area contributed by atoms with Gasteiger partial charge in [0.1, 0.15) is 4.90 Å². The second-order valence-electron chi connectivity index (χ2n) is 2.08. The minimum Gasteiger partial charge on any atom is -0.210 e. The molecular weight excluding hydrogens is 198 g/mol. The predicted octanol–water partition coefficient (Wildman–Crippen LogP) is 1.41. The summed E-state index contributed by atoms with van der Waals surface area (Å²) in [5.41, 5.74) is 0. The molecule has 1 aromatic rings. The van der Waals surface area contributed by atoms with Crippen molar-refractivity contribution in [3.8, 4) is 0 Å². The van der Waals surface area contributed by atoms with Crippen LogP contribution in [0.5, 0.6) is 0 Å². The van der Waals surface area contributed by atoms with Gasteiger partial charge in [-0.05, 0) is 12.1 Å². The van der Waals surface area contributed by atoms with Crippen LogP contribution < -0.4 is 4.72 Å². The molecule has 1 rings (SSSR count). The first-order valence-electron chi connectivity index (χ1n) is 3.11. The number of hydrogen-bond donors (Lipinski definition) is 1. The maximum atomic E-state index is 11.2. The van der Waals surface area contributed by atoms with Crippen LogP contribution in [0.25, 0.3) is 0 Å². The monoisotopic (exact) mass is 204 g/mol. The van der Waals surface area contributed by atoms with E-state index in [2.05, 4.69) is 7.05 Å². The van der Waals surface area contributed by atoms with E-state index in [0.29, 0.717) is 0 Å². The van der Waals surface area contributed by atoms with Gasteiger partial charge < -0.3 is 0 Å². The summed E-state index contributed by atoms with van der Waals surface area (Å²) in [5.74, 6) is 0. The van der Waals surface area contributed by atoms with E-state index in [1.165, 1.54) is 12.1 Å². The molecule has 0 aliphatic carbocycles. The lowest BCUT2D eigenvalue weighted by molar-refractivity contribution is 0.590. The number of halogens is 1. The average molecular weight is 205 g/mol. The maximum absolute atomic E-state index is 11.2. The van der Waals surface area contributed by atoms with Gasteiger partial charge >= 0.3 is 0 Å². The minimum atomic E-state index is -3.52. The van der Waals surface area contributed by atoms with Gasteiger partial charge in [-0.1, -0.05) is 23.7 Å². The fourth-order valence-electron chi connectivity index (χ4n) is 0.740. The Hall–Kier alpha value is -0.580. The fraction of sp³-hybridized carbons (Fsp3) is 0. The van der Waals surface area contributed by atoms with E-state index in [9.17, 15) is 8.42 Å². The highest BCUT2D eigenvalue weighted by atomic mass is 35.5. The second kappa shape index (κ2) is 3.43. The number of hydrogen-bond acceptors (Lipinski definition) is 2. The van der Waals surface area contributed by atoms with Gasteiger partial charge in [0, 0.05) is 7.05 Å². The third kappa shape index (κ3) is 1.77. The van der Waals surface area contributed by atoms with Gasteiger partial charge in [0.15, 0.2) is 0 Å². The van der Waals surface area contributed by atoms with Crippen molar-refractivity contribution in [2.75, 3.05) is 0 Å². The molecule has 0 spiro atoms. The molecule has 0 fully saturated rings. The Balaban J connectivity index is 3.30. The summed E-state index contributed by atoms with van der Waals surface area (Å²) >= 11 is 5.64. The van der Waals surface area contributed by atoms with Gasteiger partial charge in [-0.3, -0.25) is 0 Å². The zero-order valence-corrected chi connectivity index (χ0v) is 7.69. The molecule has 0 aromatic heterocycles. The molecule has 0 amide bonds. The second-order valence-corrected chi connectivity index (χ2v) is 4.22. The minimum absolute atomic E-state index is 0.0432. The normalized spacial score (nSPS) is 11.5. The van der Waals surface area contributed by atoms with Crippen molar-refractivity contribution in [1.82, 2.24) is 4.72 Å². The molecule has 65 valence electrons. The van der Waals surface area contributed by atoms with Gasteiger partial charge in [0.2, 0.25) is 10.0 Å². The van der Waals surface area contributed by atoms with Crippen LogP contribution in [0.4, 0.5) is 0 Å². The zero-order valence-electron chi connectivity index (χ0n) is 6.12. The van der Waals surface area contributed by atoms with Crippen LogP contribution in [0.15, 0.2) is 29.2 Å². The van der Waals surface area contributed by atoms with Crippen LogP contribution in [-0.2, 0) is 10.0 Å². The summed E-state index contributed by atoms with van der Waals surface area (Å²) in [4.78, 5) is 0.0432. The number of nitrogens with one attached hydrogen (secondary N) is 1. The predicted molar refractivity (Wildman–Crippen MR) is 47.1 cm³/mol. The van der Waals surface area contributed by atoms with Crippen molar-refractivity contribution in [1.29, 1.82) is 0 Å². The maximum Gasteiger partial charge on any atom is 0.242 e. The number of benzene rings is 1. The summed E-state index contributed by atoms with van der Waals surface area (Å²) in [6.07, 6.45) is 0. The Kier molecular flexibility index (Phi) is 2.72. The molecule has 1 radical (unpaired) electrons. The van der Waals surface area contributed by atoms with Crippen LogP contribution in [0.3, 0.4) is 0 Å². The molecule has 0 atom stereocenters. The van der Waals surface area contributed by atoms with Crippen LogP contribution in [0, 0.1) is 7.05 Å². The van der Waals surface area contributed by atoms with E-state index < -0.39 is 10.0 Å². The van der Waals surface area contributed by atoms with Crippen molar-refractivity contribution in [3.63, 3.8) is 0 Å². The molecule has 0 unspecified atom stereocenters. The van der Waals surface area contributed by atoms with Crippen molar-refractivity contribution < 1.29 is 8.42 Å². The molecule has 12 heavy (non-hydrogen) atoms. The van der Waals surface area contributed by atoms with E-state index in [4.69, 9.17) is 11.6 Å². The number of sulfonamides is 1. The van der Waals surface area contributed by atoms with Crippen molar-refractivity contribution in [3.05, 3.63) is 36.3 Å². The van der Waals surface area contributed by atoms with Crippen molar-refractivity contribution in [2.24, 2.45) is 0 Å². The Bertz CT molecular complexity index is 375. The lowest BCUT2D eigenvalue weighted by Gasteiger charge is -2.02. The molecule has 0 heterocycles. The highest BCUT2D eigenvalue weighted by Crippen LogP contribution is 2.19. The first kappa shape index (κ1) is 9.51. The average Bonchev–Trinajstić information content (AvgIpc) is 2.05. The van der Waals surface area contributed by atoms with Crippen molar-refractivity contribution >= 4 is 21.6 Å². The summed E-state index contributed by atoms with van der Waals surface area (Å²) in [5, 5.41) is 0.189. The number of rotatable bonds is 2. The van der Waals surface area contributed by atoms with E-state index in [0.717, 1.165) is 0 Å². The topological polar surface area (TPSA) is 46.2 Å². The highest BCUT2D eigenvalue weighted by molar-refractivity contribution is 7.89. The first-order chi connectivity index (χ1) is 5.58. The Morgan fingerprint density at radius 2 is 1.92 bits per heavy atom. The lowest BCUT2D eigenvalue weighted by Crippen LogP contribution is -2.16. The molecule has 0 saturated heterocycles. The van der Waals surface area contributed by atoms with Crippen LogP contribution in [0.2, 0.25) is 5.02 Å². The molecule has 1 N–H and O–H groups in total. The summed E-state index contributed by atoms with van der Waals surface area (Å²) in [7, 11) is -0.444. The molecule has 0 bridgehead atoms. The van der Waals surface area contributed by atoms with E-state index in [1.54, 1.807) is 12.1 Å². The highest BCUT2D eigenvalue weighted by Gasteiger charge is 2.13. The van der Waals surface area contributed by atoms with Gasteiger partial charge in [0.25, 0.3) is 0 Å². The molecule has 1 aromatic carbocycles. The molecule has 0 aliphatic heterocycles. The smallest absolute Gasteiger partial charge is 0.210 e. The van der Waals surface area contributed by atoms with Gasteiger partial charge in [-0.15, -0.1) is 0 Å². The summed E-state index contributed by atoms with van der Waals surface area (Å²) in [6, 6.07) is 6.17. The molecule has 0 aliphatic rings. The summed E-state index contributed by atoms with van der Waals surface area (Å²) < 4.78 is 24.3. The van der Waals surface area contributed by atoms with Gasteiger partial charge in [-0.2, -0.15) is 0 Å². The Labute approximate surface area is 76.4 Å². The third-order valence-corrected chi connectivity index (χ3v) is 3.07. The van der Waals surface area contributed by atoms with Crippen LogP contribution in [-0.4, -0.2) is 8.42 Å².